The zero-order valence-corrected chi connectivity index (χ0v) is 11.3. The smallest absolute Gasteiger partial charge is 0.375 e. The van der Waals surface area contributed by atoms with E-state index < -0.39 is 5.97 Å². The van der Waals surface area contributed by atoms with Crippen molar-refractivity contribution in [2.45, 2.75) is 39.2 Å². The van der Waals surface area contributed by atoms with Gasteiger partial charge in [0.1, 0.15) is 6.61 Å². The van der Waals surface area contributed by atoms with E-state index in [0.717, 1.165) is 31.2 Å². The lowest BCUT2D eigenvalue weighted by molar-refractivity contribution is -0.157. The summed E-state index contributed by atoms with van der Waals surface area (Å²) < 4.78 is 5.08. The number of benzene rings is 1. The summed E-state index contributed by atoms with van der Waals surface area (Å²) in [5.41, 5.74) is 0.904. The molecule has 3 heteroatoms. The van der Waals surface area contributed by atoms with Crippen LogP contribution in [0.4, 0.5) is 0 Å². The van der Waals surface area contributed by atoms with Crippen LogP contribution in [0.1, 0.15) is 38.2 Å². The van der Waals surface area contributed by atoms with Crippen LogP contribution in [-0.4, -0.2) is 11.8 Å². The topological polar surface area (TPSA) is 43.4 Å². The second-order valence-corrected chi connectivity index (χ2v) is 5.38. The Bertz CT molecular complexity index is 431. The fourth-order valence-corrected chi connectivity index (χ4v) is 2.48. The normalized spacial score (nSPS) is 22.8. The summed E-state index contributed by atoms with van der Waals surface area (Å²) in [6, 6.07) is 9.42. The van der Waals surface area contributed by atoms with E-state index in [-0.39, 0.29) is 18.3 Å². The highest BCUT2D eigenvalue weighted by Gasteiger charge is 2.29. The van der Waals surface area contributed by atoms with Crippen molar-refractivity contribution >= 4 is 11.8 Å². The Morgan fingerprint density at radius 3 is 2.37 bits per heavy atom. The van der Waals surface area contributed by atoms with Crippen molar-refractivity contribution in [2.75, 3.05) is 0 Å². The maximum absolute atomic E-state index is 12.0. The largest absolute Gasteiger partial charge is 0.455 e. The molecule has 0 aromatic heterocycles. The summed E-state index contributed by atoms with van der Waals surface area (Å²) in [6.45, 7) is 2.36. The van der Waals surface area contributed by atoms with Gasteiger partial charge in [-0.15, -0.1) is 0 Å². The van der Waals surface area contributed by atoms with Gasteiger partial charge in [0.15, 0.2) is 0 Å². The maximum Gasteiger partial charge on any atom is 0.375 e. The lowest BCUT2D eigenvalue weighted by Gasteiger charge is -2.24. The van der Waals surface area contributed by atoms with Crippen LogP contribution in [0.15, 0.2) is 30.3 Å². The molecule has 0 bridgehead atoms. The highest BCUT2D eigenvalue weighted by molar-refractivity contribution is 6.34. The van der Waals surface area contributed by atoms with E-state index >= 15 is 0 Å². The molecule has 0 amide bonds. The Hall–Kier alpha value is -1.64. The van der Waals surface area contributed by atoms with Crippen molar-refractivity contribution in [1.82, 2.24) is 0 Å². The van der Waals surface area contributed by atoms with Crippen LogP contribution < -0.4 is 0 Å². The van der Waals surface area contributed by atoms with Gasteiger partial charge in [-0.1, -0.05) is 50.1 Å². The standard InChI is InChI=1S/C16H20O3/c1-12-7-9-14(10-8-12)15(17)16(18)19-11-13-5-3-2-4-6-13/h2-6,12,14H,7-11H2,1H3. The molecule has 1 aromatic rings. The van der Waals surface area contributed by atoms with Gasteiger partial charge in [-0.25, -0.2) is 4.79 Å². The van der Waals surface area contributed by atoms with Crippen LogP contribution in [0.3, 0.4) is 0 Å². The van der Waals surface area contributed by atoms with Gasteiger partial charge in [0.2, 0.25) is 5.78 Å². The van der Waals surface area contributed by atoms with Gasteiger partial charge in [-0.05, 0) is 24.3 Å². The summed E-state index contributed by atoms with van der Waals surface area (Å²) in [5, 5.41) is 0. The lowest BCUT2D eigenvalue weighted by atomic mass is 9.81. The average molecular weight is 260 g/mol. The van der Waals surface area contributed by atoms with Crippen LogP contribution in [0.5, 0.6) is 0 Å². The number of esters is 1. The van der Waals surface area contributed by atoms with E-state index in [1.54, 1.807) is 0 Å². The Labute approximate surface area is 114 Å². The molecule has 0 radical (unpaired) electrons. The van der Waals surface area contributed by atoms with Crippen LogP contribution in [0.25, 0.3) is 0 Å². The zero-order chi connectivity index (χ0) is 13.7. The summed E-state index contributed by atoms with van der Waals surface area (Å²) in [4.78, 5) is 23.7. The number of hydrogen-bond acceptors (Lipinski definition) is 3. The molecule has 0 spiro atoms. The first-order valence-corrected chi connectivity index (χ1v) is 6.91. The molecular formula is C16H20O3. The second kappa shape index (κ2) is 6.50. The molecule has 1 aliphatic rings. The summed E-state index contributed by atoms with van der Waals surface area (Å²) in [5.74, 6) is -0.477. The molecule has 1 saturated carbocycles. The summed E-state index contributed by atoms with van der Waals surface area (Å²) in [7, 11) is 0. The number of Topliss-reactive ketones (excluding diaryl/α,β-unsaturated/α-hetero) is 1. The minimum atomic E-state index is -0.677. The maximum atomic E-state index is 12.0. The molecule has 0 N–H and O–H groups in total. The molecule has 0 unspecified atom stereocenters. The first kappa shape index (κ1) is 13.8. The first-order valence-electron chi connectivity index (χ1n) is 6.91. The molecule has 1 aromatic carbocycles. The number of ether oxygens (including phenoxy) is 1. The van der Waals surface area contributed by atoms with Crippen LogP contribution >= 0.6 is 0 Å². The SMILES string of the molecule is CC1CCC(C(=O)C(=O)OCc2ccccc2)CC1. The van der Waals surface area contributed by atoms with Crippen molar-refractivity contribution in [3.05, 3.63) is 35.9 Å². The number of ketones is 1. The molecule has 102 valence electrons. The van der Waals surface area contributed by atoms with E-state index in [1.165, 1.54) is 0 Å². The Kier molecular flexibility index (Phi) is 4.72. The number of carbonyl (C=O) groups is 2. The number of carbonyl (C=O) groups excluding carboxylic acids is 2. The van der Waals surface area contributed by atoms with Crippen molar-refractivity contribution in [2.24, 2.45) is 11.8 Å². The van der Waals surface area contributed by atoms with Crippen LogP contribution in [0, 0.1) is 11.8 Å². The van der Waals surface area contributed by atoms with Crippen LogP contribution in [0.2, 0.25) is 0 Å². The summed E-state index contributed by atoms with van der Waals surface area (Å²) in [6.07, 6.45) is 3.70. The van der Waals surface area contributed by atoms with Gasteiger partial charge < -0.3 is 4.74 Å². The third-order valence-corrected chi connectivity index (χ3v) is 3.80. The van der Waals surface area contributed by atoms with Crippen molar-refractivity contribution in [3.63, 3.8) is 0 Å². The predicted octanol–water partition coefficient (Wildman–Crippen LogP) is 3.13. The molecule has 0 aliphatic heterocycles. The molecule has 2 rings (SSSR count). The molecule has 0 atom stereocenters. The van der Waals surface area contributed by atoms with Gasteiger partial charge in [-0.3, -0.25) is 4.79 Å². The lowest BCUT2D eigenvalue weighted by Crippen LogP contribution is -2.28. The molecular weight excluding hydrogens is 240 g/mol. The fraction of sp³-hybridized carbons (Fsp3) is 0.500. The van der Waals surface area contributed by atoms with E-state index in [9.17, 15) is 9.59 Å². The van der Waals surface area contributed by atoms with E-state index in [0.29, 0.717) is 5.92 Å². The molecule has 1 aliphatic carbocycles. The van der Waals surface area contributed by atoms with E-state index in [4.69, 9.17) is 4.74 Å². The minimum Gasteiger partial charge on any atom is -0.455 e. The van der Waals surface area contributed by atoms with Crippen molar-refractivity contribution in [3.8, 4) is 0 Å². The third-order valence-electron chi connectivity index (χ3n) is 3.80. The van der Waals surface area contributed by atoms with Gasteiger partial charge in [0, 0.05) is 5.92 Å². The summed E-state index contributed by atoms with van der Waals surface area (Å²) >= 11 is 0. The fourth-order valence-electron chi connectivity index (χ4n) is 2.48. The van der Waals surface area contributed by atoms with Gasteiger partial charge in [0.05, 0.1) is 0 Å². The van der Waals surface area contributed by atoms with Gasteiger partial charge in [0.25, 0.3) is 0 Å². The van der Waals surface area contributed by atoms with Crippen LogP contribution in [-0.2, 0) is 20.9 Å². The highest BCUT2D eigenvalue weighted by Crippen LogP contribution is 2.29. The predicted molar refractivity (Wildman–Crippen MR) is 72.4 cm³/mol. The highest BCUT2D eigenvalue weighted by atomic mass is 16.5. The minimum absolute atomic E-state index is 0.125. The van der Waals surface area contributed by atoms with E-state index in [2.05, 4.69) is 6.92 Å². The van der Waals surface area contributed by atoms with E-state index in [1.807, 2.05) is 30.3 Å². The molecule has 0 heterocycles. The Balaban J connectivity index is 1.81. The third kappa shape index (κ3) is 3.91. The van der Waals surface area contributed by atoms with Crippen molar-refractivity contribution < 1.29 is 14.3 Å². The monoisotopic (exact) mass is 260 g/mol. The molecule has 0 saturated heterocycles. The zero-order valence-electron chi connectivity index (χ0n) is 11.3. The first-order chi connectivity index (χ1) is 9.16. The number of rotatable bonds is 4. The second-order valence-electron chi connectivity index (χ2n) is 5.38. The molecule has 3 nitrogen and oxygen atoms in total. The Morgan fingerprint density at radius 1 is 1.11 bits per heavy atom. The van der Waals surface area contributed by atoms with Crippen molar-refractivity contribution in [1.29, 1.82) is 0 Å². The van der Waals surface area contributed by atoms with Gasteiger partial charge >= 0.3 is 5.97 Å². The molecule has 19 heavy (non-hydrogen) atoms. The average Bonchev–Trinajstić information content (AvgIpc) is 2.46. The number of hydrogen-bond donors (Lipinski definition) is 0. The Morgan fingerprint density at radius 2 is 1.74 bits per heavy atom. The van der Waals surface area contributed by atoms with Gasteiger partial charge in [-0.2, -0.15) is 0 Å². The quantitative estimate of drug-likeness (QED) is 0.617. The molecule has 1 fully saturated rings.